The molecule has 0 aliphatic carbocycles. The molecule has 0 atom stereocenters. The van der Waals surface area contributed by atoms with Gasteiger partial charge in [0.1, 0.15) is 5.84 Å². The van der Waals surface area contributed by atoms with E-state index in [1.807, 2.05) is 31.2 Å². The van der Waals surface area contributed by atoms with Crippen molar-refractivity contribution in [3.05, 3.63) is 29.8 Å². The van der Waals surface area contributed by atoms with Crippen molar-refractivity contribution in [2.45, 2.75) is 13.3 Å². The predicted octanol–water partition coefficient (Wildman–Crippen LogP) is 1.00. The van der Waals surface area contributed by atoms with Gasteiger partial charge in [0.05, 0.1) is 12.1 Å². The van der Waals surface area contributed by atoms with E-state index in [4.69, 9.17) is 5.73 Å². The molecule has 4 nitrogen and oxygen atoms in total. The number of amides is 1. The Balaban J connectivity index is 2.41. The lowest BCUT2D eigenvalue weighted by molar-refractivity contribution is -0.116. The van der Waals surface area contributed by atoms with Crippen LogP contribution in [0.3, 0.4) is 0 Å². The van der Waals surface area contributed by atoms with Crippen LogP contribution in [0.4, 0.5) is 5.69 Å². The summed E-state index contributed by atoms with van der Waals surface area (Å²) in [6.07, 6.45) is 0.217. The monoisotopic (exact) mass is 189 g/mol. The zero-order valence-corrected chi connectivity index (χ0v) is 7.90. The molecule has 4 heteroatoms. The Bertz CT molecular complexity index is 412. The van der Waals surface area contributed by atoms with Crippen LogP contribution in [0, 0.1) is 6.92 Å². The van der Waals surface area contributed by atoms with Crippen LogP contribution in [0.2, 0.25) is 0 Å². The highest BCUT2D eigenvalue weighted by Gasteiger charge is 2.24. The highest BCUT2D eigenvalue weighted by atomic mass is 16.2. The standard InChI is InChI=1S/C10H11N3O/c1-7-4-2-3-5-8(7)13-10(14)6-9(11)12-13/h2-5H,6H2,1H3,(H2,11,12). The Morgan fingerprint density at radius 3 is 2.71 bits per heavy atom. The quantitative estimate of drug-likeness (QED) is 0.716. The van der Waals surface area contributed by atoms with Crippen LogP contribution in [-0.2, 0) is 4.79 Å². The average Bonchev–Trinajstić information content (AvgIpc) is 2.46. The zero-order chi connectivity index (χ0) is 10.1. The summed E-state index contributed by atoms with van der Waals surface area (Å²) in [7, 11) is 0. The number of hydrogen-bond donors (Lipinski definition) is 1. The molecule has 0 spiro atoms. The number of aryl methyl sites for hydroxylation is 1. The molecule has 1 aromatic rings. The minimum Gasteiger partial charge on any atom is -0.385 e. The number of benzene rings is 1. The third-order valence-corrected chi connectivity index (χ3v) is 2.14. The molecule has 2 N–H and O–H groups in total. The van der Waals surface area contributed by atoms with Gasteiger partial charge in [-0.3, -0.25) is 4.79 Å². The summed E-state index contributed by atoms with van der Waals surface area (Å²) < 4.78 is 0. The molecule has 0 bridgehead atoms. The van der Waals surface area contributed by atoms with Crippen molar-refractivity contribution in [1.82, 2.24) is 0 Å². The van der Waals surface area contributed by atoms with Crippen LogP contribution in [0.5, 0.6) is 0 Å². The SMILES string of the molecule is Cc1ccccc1N1N=C(N)CC1=O. The Labute approximate surface area is 82.0 Å². The van der Waals surface area contributed by atoms with Crippen molar-refractivity contribution in [3.63, 3.8) is 0 Å². The smallest absolute Gasteiger partial charge is 0.255 e. The van der Waals surface area contributed by atoms with Gasteiger partial charge >= 0.3 is 0 Å². The topological polar surface area (TPSA) is 58.7 Å². The number of nitrogens with zero attached hydrogens (tertiary/aromatic N) is 2. The van der Waals surface area contributed by atoms with E-state index < -0.39 is 0 Å². The van der Waals surface area contributed by atoms with Gasteiger partial charge in [0.2, 0.25) is 0 Å². The molecule has 72 valence electrons. The fraction of sp³-hybridized carbons (Fsp3) is 0.200. The van der Waals surface area contributed by atoms with Crippen molar-refractivity contribution in [2.24, 2.45) is 10.8 Å². The van der Waals surface area contributed by atoms with Crippen molar-refractivity contribution < 1.29 is 4.79 Å². The van der Waals surface area contributed by atoms with Gasteiger partial charge < -0.3 is 5.73 Å². The minimum absolute atomic E-state index is 0.0724. The first kappa shape index (κ1) is 8.74. The molecule has 0 saturated heterocycles. The molecule has 1 aliphatic heterocycles. The fourth-order valence-corrected chi connectivity index (χ4v) is 1.44. The summed E-state index contributed by atoms with van der Waals surface area (Å²) >= 11 is 0. The van der Waals surface area contributed by atoms with E-state index in [1.165, 1.54) is 5.01 Å². The Kier molecular flexibility index (Phi) is 1.96. The van der Waals surface area contributed by atoms with E-state index in [-0.39, 0.29) is 12.3 Å². The maximum atomic E-state index is 11.5. The molecule has 0 saturated carbocycles. The number of rotatable bonds is 1. The Hall–Kier alpha value is -1.84. The van der Waals surface area contributed by atoms with Crippen molar-refractivity contribution in [2.75, 3.05) is 5.01 Å². The van der Waals surface area contributed by atoms with Crippen LogP contribution < -0.4 is 10.7 Å². The number of amidine groups is 1. The maximum Gasteiger partial charge on any atom is 0.255 e. The number of para-hydroxylation sites is 1. The van der Waals surface area contributed by atoms with Crippen molar-refractivity contribution >= 4 is 17.4 Å². The summed E-state index contributed by atoms with van der Waals surface area (Å²) in [6, 6.07) is 7.59. The maximum absolute atomic E-state index is 11.5. The first-order chi connectivity index (χ1) is 6.68. The Morgan fingerprint density at radius 2 is 2.14 bits per heavy atom. The predicted molar refractivity (Wildman–Crippen MR) is 54.9 cm³/mol. The van der Waals surface area contributed by atoms with Crippen molar-refractivity contribution in [1.29, 1.82) is 0 Å². The molecule has 1 amide bonds. The van der Waals surface area contributed by atoms with E-state index in [2.05, 4.69) is 5.10 Å². The van der Waals surface area contributed by atoms with E-state index in [1.54, 1.807) is 0 Å². The summed E-state index contributed by atoms with van der Waals surface area (Å²) in [5.74, 6) is 0.301. The second-order valence-electron chi connectivity index (χ2n) is 3.26. The third kappa shape index (κ3) is 1.35. The molecule has 1 aromatic carbocycles. The molecule has 0 radical (unpaired) electrons. The van der Waals surface area contributed by atoms with Gasteiger partial charge in [-0.25, -0.2) is 0 Å². The van der Waals surface area contributed by atoms with Gasteiger partial charge in [-0.2, -0.15) is 10.1 Å². The number of carbonyl (C=O) groups excluding carboxylic acids is 1. The van der Waals surface area contributed by atoms with Gasteiger partial charge in [0.15, 0.2) is 0 Å². The number of hydrazone groups is 1. The Morgan fingerprint density at radius 1 is 1.43 bits per heavy atom. The van der Waals surface area contributed by atoms with Gasteiger partial charge in [0, 0.05) is 0 Å². The largest absolute Gasteiger partial charge is 0.385 e. The lowest BCUT2D eigenvalue weighted by Gasteiger charge is -2.13. The molecule has 2 rings (SSSR count). The first-order valence-electron chi connectivity index (χ1n) is 4.40. The highest BCUT2D eigenvalue weighted by molar-refractivity contribution is 6.11. The van der Waals surface area contributed by atoms with Gasteiger partial charge in [-0.1, -0.05) is 18.2 Å². The second kappa shape index (κ2) is 3.14. The van der Waals surface area contributed by atoms with Crippen molar-refractivity contribution in [3.8, 4) is 0 Å². The van der Waals surface area contributed by atoms with Gasteiger partial charge in [0.25, 0.3) is 5.91 Å². The summed E-state index contributed by atoms with van der Waals surface area (Å²) in [5, 5.41) is 5.34. The summed E-state index contributed by atoms with van der Waals surface area (Å²) in [5.41, 5.74) is 7.31. The molecule has 0 fully saturated rings. The lowest BCUT2D eigenvalue weighted by Crippen LogP contribution is -2.20. The number of carbonyl (C=O) groups is 1. The van der Waals surface area contributed by atoms with E-state index >= 15 is 0 Å². The molecule has 1 heterocycles. The third-order valence-electron chi connectivity index (χ3n) is 2.14. The number of hydrogen-bond acceptors (Lipinski definition) is 3. The van der Waals surface area contributed by atoms with E-state index in [0.717, 1.165) is 11.3 Å². The molecule has 1 aliphatic rings. The molecular formula is C10H11N3O. The molecule has 0 unspecified atom stereocenters. The highest BCUT2D eigenvalue weighted by Crippen LogP contribution is 2.22. The normalized spacial score (nSPS) is 15.9. The van der Waals surface area contributed by atoms with E-state index in [9.17, 15) is 4.79 Å². The minimum atomic E-state index is -0.0724. The second-order valence-corrected chi connectivity index (χ2v) is 3.26. The van der Waals surface area contributed by atoms with E-state index in [0.29, 0.717) is 5.84 Å². The van der Waals surface area contributed by atoms with Crippen LogP contribution in [0.1, 0.15) is 12.0 Å². The summed E-state index contributed by atoms with van der Waals surface area (Å²) in [4.78, 5) is 11.5. The number of nitrogens with two attached hydrogens (primary N) is 1. The van der Waals surface area contributed by atoms with Crippen LogP contribution >= 0.6 is 0 Å². The lowest BCUT2D eigenvalue weighted by atomic mass is 10.2. The van der Waals surface area contributed by atoms with Crippen LogP contribution in [-0.4, -0.2) is 11.7 Å². The first-order valence-corrected chi connectivity index (χ1v) is 4.40. The van der Waals surface area contributed by atoms with Crippen LogP contribution in [0.15, 0.2) is 29.4 Å². The number of anilines is 1. The molecular weight excluding hydrogens is 178 g/mol. The van der Waals surface area contributed by atoms with Gasteiger partial charge in [-0.15, -0.1) is 0 Å². The molecule has 0 aromatic heterocycles. The average molecular weight is 189 g/mol. The molecule has 14 heavy (non-hydrogen) atoms. The van der Waals surface area contributed by atoms with Gasteiger partial charge in [-0.05, 0) is 18.6 Å². The summed E-state index contributed by atoms with van der Waals surface area (Å²) in [6.45, 7) is 1.94. The zero-order valence-electron chi connectivity index (χ0n) is 7.90. The van der Waals surface area contributed by atoms with Crippen LogP contribution in [0.25, 0.3) is 0 Å². The fourth-order valence-electron chi connectivity index (χ4n) is 1.44.